The van der Waals surface area contributed by atoms with Gasteiger partial charge in [0.25, 0.3) is 0 Å². The molecule has 0 saturated carbocycles. The van der Waals surface area contributed by atoms with Crippen LogP contribution in [0.25, 0.3) is 5.57 Å². The van der Waals surface area contributed by atoms with Crippen molar-refractivity contribution in [1.82, 2.24) is 0 Å². The second kappa shape index (κ2) is 9.70. The Labute approximate surface area is 172 Å². The summed E-state index contributed by atoms with van der Waals surface area (Å²) in [6, 6.07) is 12.3. The predicted molar refractivity (Wildman–Crippen MR) is 120 cm³/mol. The molecule has 3 heteroatoms. The molecule has 1 aliphatic carbocycles. The molecule has 0 bridgehead atoms. The van der Waals surface area contributed by atoms with Crippen molar-refractivity contribution in [2.45, 2.75) is 51.0 Å². The molecule has 2 aromatic rings. The van der Waals surface area contributed by atoms with Crippen LogP contribution in [0.1, 0.15) is 49.8 Å². The molecule has 0 heterocycles. The fourth-order valence-electron chi connectivity index (χ4n) is 3.27. The van der Waals surface area contributed by atoms with Crippen LogP contribution < -0.4 is 4.74 Å². The van der Waals surface area contributed by atoms with Crippen molar-refractivity contribution in [1.29, 1.82) is 0 Å². The highest BCUT2D eigenvalue weighted by Crippen LogP contribution is 2.36. The summed E-state index contributed by atoms with van der Waals surface area (Å²) in [5, 5.41) is 10.6. The van der Waals surface area contributed by atoms with E-state index in [-0.39, 0.29) is 0 Å². The summed E-state index contributed by atoms with van der Waals surface area (Å²) in [4.78, 5) is 2.63. The molecular formula is C25H28O2S. The minimum atomic E-state index is 0.299. The Bertz CT molecular complexity index is 909. The highest BCUT2D eigenvalue weighted by atomic mass is 32.2. The molecule has 0 aliphatic heterocycles. The number of phenolic OH excluding ortho intramolecular Hbond substituents is 1. The van der Waals surface area contributed by atoms with Crippen molar-refractivity contribution in [3.8, 4) is 11.5 Å². The van der Waals surface area contributed by atoms with Crippen LogP contribution in [0.4, 0.5) is 0 Å². The van der Waals surface area contributed by atoms with Gasteiger partial charge in [0.2, 0.25) is 0 Å². The molecule has 0 unspecified atom stereocenters. The molecule has 0 aromatic heterocycles. The number of allylic oxidation sites excluding steroid dienone is 5. The molecule has 0 radical (unpaired) electrons. The van der Waals surface area contributed by atoms with E-state index in [1.807, 2.05) is 30.8 Å². The van der Waals surface area contributed by atoms with Crippen molar-refractivity contribution in [2.24, 2.45) is 0 Å². The Kier molecular flexibility index (Phi) is 7.05. The van der Waals surface area contributed by atoms with Crippen LogP contribution in [0.5, 0.6) is 11.5 Å². The van der Waals surface area contributed by atoms with Gasteiger partial charge in [-0.2, -0.15) is 0 Å². The third-order valence-corrected chi connectivity index (χ3v) is 5.81. The lowest BCUT2D eigenvalue weighted by Crippen LogP contribution is -2.00. The van der Waals surface area contributed by atoms with Crippen LogP contribution in [0, 0.1) is 0 Å². The average Bonchev–Trinajstić information content (AvgIpc) is 2.69. The van der Waals surface area contributed by atoms with Crippen molar-refractivity contribution in [2.75, 3.05) is 0 Å². The molecule has 1 aliphatic rings. The molecule has 2 aromatic carbocycles. The van der Waals surface area contributed by atoms with Gasteiger partial charge in [-0.25, -0.2) is 0 Å². The zero-order valence-corrected chi connectivity index (χ0v) is 17.5. The van der Waals surface area contributed by atoms with E-state index in [4.69, 9.17) is 4.74 Å². The minimum absolute atomic E-state index is 0.299. The van der Waals surface area contributed by atoms with Gasteiger partial charge in [0.1, 0.15) is 18.1 Å². The van der Waals surface area contributed by atoms with E-state index in [0.717, 1.165) is 53.7 Å². The van der Waals surface area contributed by atoms with E-state index in [1.54, 1.807) is 0 Å². The molecule has 0 saturated heterocycles. The first-order chi connectivity index (χ1) is 13.6. The molecule has 146 valence electrons. The monoisotopic (exact) mass is 392 g/mol. The Morgan fingerprint density at radius 1 is 1.25 bits per heavy atom. The second-order valence-electron chi connectivity index (χ2n) is 7.11. The number of hydrogen-bond donors (Lipinski definition) is 1. The Balaban J connectivity index is 1.74. The maximum atomic E-state index is 10.6. The van der Waals surface area contributed by atoms with Gasteiger partial charge in [-0.05, 0) is 66.5 Å². The lowest BCUT2D eigenvalue weighted by Gasteiger charge is -2.16. The summed E-state index contributed by atoms with van der Waals surface area (Å²) in [6.45, 7) is 8.45. The van der Waals surface area contributed by atoms with Crippen molar-refractivity contribution in [3.63, 3.8) is 0 Å². The second-order valence-corrected chi connectivity index (χ2v) is 8.31. The van der Waals surface area contributed by atoms with Gasteiger partial charge in [-0.1, -0.05) is 62.0 Å². The number of benzene rings is 2. The molecule has 1 N–H and O–H groups in total. The zero-order valence-electron chi connectivity index (χ0n) is 16.7. The molecule has 2 nitrogen and oxygen atoms in total. The largest absolute Gasteiger partial charge is 0.507 e. The summed E-state index contributed by atoms with van der Waals surface area (Å²) in [6.07, 6.45) is 10.5. The molecule has 0 spiro atoms. The normalized spacial score (nSPS) is 13.3. The van der Waals surface area contributed by atoms with Gasteiger partial charge in [-0.15, -0.1) is 0 Å². The predicted octanol–water partition coefficient (Wildman–Crippen LogP) is 7.28. The third kappa shape index (κ3) is 5.11. The fourth-order valence-corrected chi connectivity index (χ4v) is 4.29. The number of phenols is 1. The summed E-state index contributed by atoms with van der Waals surface area (Å²) in [7, 11) is 0. The third-order valence-electron chi connectivity index (χ3n) is 4.72. The Morgan fingerprint density at radius 2 is 2.11 bits per heavy atom. The quantitative estimate of drug-likeness (QED) is 0.512. The van der Waals surface area contributed by atoms with E-state index >= 15 is 0 Å². The Hall–Kier alpha value is -2.39. The van der Waals surface area contributed by atoms with Crippen LogP contribution in [-0.2, 0) is 13.0 Å². The van der Waals surface area contributed by atoms with Crippen LogP contribution in [0.3, 0.4) is 0 Å². The smallest absolute Gasteiger partial charge is 0.129 e. The number of aromatic hydroxyl groups is 1. The van der Waals surface area contributed by atoms with E-state index < -0.39 is 0 Å². The summed E-state index contributed by atoms with van der Waals surface area (Å²) < 4.78 is 6.11. The molecule has 0 amide bonds. The SMILES string of the molecule is C=C(C)c1ccc(OCc2cccc(SC3=CC=CCC3)c2)c(CCC)c1O. The van der Waals surface area contributed by atoms with E-state index in [2.05, 4.69) is 56.0 Å². The summed E-state index contributed by atoms with van der Waals surface area (Å²) in [5.41, 5.74) is 3.65. The van der Waals surface area contributed by atoms with E-state index in [9.17, 15) is 5.11 Å². The molecular weight excluding hydrogens is 364 g/mol. The zero-order chi connectivity index (χ0) is 19.9. The standard InChI is InChI=1S/C25H28O2S/c1-4-9-23-24(15-14-22(18(2)3)25(23)26)27-17-19-10-8-13-21(16-19)28-20-11-6-5-7-12-20/h5-6,8,10-11,13-16,26H,2,4,7,9,12,17H2,1,3H3. The van der Waals surface area contributed by atoms with E-state index in [0.29, 0.717) is 12.4 Å². The number of ether oxygens (including phenoxy) is 1. The fraction of sp³-hybridized carbons (Fsp3) is 0.280. The summed E-state index contributed by atoms with van der Waals surface area (Å²) >= 11 is 1.82. The van der Waals surface area contributed by atoms with Gasteiger partial charge >= 0.3 is 0 Å². The van der Waals surface area contributed by atoms with Crippen LogP contribution >= 0.6 is 11.8 Å². The number of hydrogen-bond acceptors (Lipinski definition) is 3. The number of thioether (sulfide) groups is 1. The molecule has 0 atom stereocenters. The highest BCUT2D eigenvalue weighted by molar-refractivity contribution is 8.03. The van der Waals surface area contributed by atoms with Crippen LogP contribution in [-0.4, -0.2) is 5.11 Å². The van der Waals surface area contributed by atoms with Gasteiger partial charge < -0.3 is 9.84 Å². The van der Waals surface area contributed by atoms with Crippen molar-refractivity contribution >= 4 is 17.3 Å². The van der Waals surface area contributed by atoms with Crippen LogP contribution in [0.2, 0.25) is 0 Å². The van der Waals surface area contributed by atoms with Gasteiger partial charge in [0.15, 0.2) is 0 Å². The van der Waals surface area contributed by atoms with Gasteiger partial charge in [-0.3, -0.25) is 0 Å². The Morgan fingerprint density at radius 3 is 2.82 bits per heavy atom. The van der Waals surface area contributed by atoms with Gasteiger partial charge in [0.05, 0.1) is 0 Å². The molecule has 28 heavy (non-hydrogen) atoms. The maximum Gasteiger partial charge on any atom is 0.129 e. The van der Waals surface area contributed by atoms with E-state index in [1.165, 1.54) is 9.80 Å². The topological polar surface area (TPSA) is 29.5 Å². The lowest BCUT2D eigenvalue weighted by molar-refractivity contribution is 0.300. The molecule has 0 fully saturated rings. The van der Waals surface area contributed by atoms with Crippen molar-refractivity contribution < 1.29 is 9.84 Å². The highest BCUT2D eigenvalue weighted by Gasteiger charge is 2.14. The van der Waals surface area contributed by atoms with Gasteiger partial charge in [0, 0.05) is 16.0 Å². The molecule has 3 rings (SSSR count). The average molecular weight is 393 g/mol. The maximum absolute atomic E-state index is 10.6. The van der Waals surface area contributed by atoms with Crippen molar-refractivity contribution in [3.05, 3.63) is 82.8 Å². The first kappa shape index (κ1) is 20.3. The minimum Gasteiger partial charge on any atom is -0.507 e. The first-order valence-electron chi connectivity index (χ1n) is 9.84. The first-order valence-corrected chi connectivity index (χ1v) is 10.7. The lowest BCUT2D eigenvalue weighted by atomic mass is 10.00. The summed E-state index contributed by atoms with van der Waals surface area (Å²) in [5.74, 6) is 1.05. The number of rotatable bonds is 8. The van der Waals surface area contributed by atoms with Crippen LogP contribution in [0.15, 0.2) is 71.0 Å².